The number of nitrogens with one attached hydrogen (secondary N) is 1. The first kappa shape index (κ1) is 22.2. The maximum absolute atomic E-state index is 13.1. The van der Waals surface area contributed by atoms with E-state index in [-0.39, 0.29) is 6.03 Å². The molecule has 1 unspecified atom stereocenters. The highest BCUT2D eigenvalue weighted by Gasteiger charge is 2.20. The summed E-state index contributed by atoms with van der Waals surface area (Å²) in [4.78, 5) is 17.6. The van der Waals surface area contributed by atoms with Crippen LogP contribution in [-0.2, 0) is 6.54 Å². The zero-order valence-corrected chi connectivity index (χ0v) is 18.6. The summed E-state index contributed by atoms with van der Waals surface area (Å²) < 4.78 is 5.50. The van der Waals surface area contributed by atoms with Gasteiger partial charge in [-0.1, -0.05) is 42.3 Å². The van der Waals surface area contributed by atoms with E-state index in [9.17, 15) is 4.79 Å². The quantitative estimate of drug-likeness (QED) is 0.643. The van der Waals surface area contributed by atoms with Crippen molar-refractivity contribution in [2.45, 2.75) is 52.1 Å². The number of hydrogen-bond donors (Lipinski definition) is 1. The van der Waals surface area contributed by atoms with Gasteiger partial charge in [-0.05, 0) is 57.9 Å². The molecule has 30 heavy (non-hydrogen) atoms. The minimum atomic E-state index is -0.0727. The van der Waals surface area contributed by atoms with Crippen LogP contribution in [0, 0.1) is 6.92 Å². The molecule has 5 nitrogen and oxygen atoms in total. The van der Waals surface area contributed by atoms with Gasteiger partial charge in [-0.2, -0.15) is 0 Å². The summed E-state index contributed by atoms with van der Waals surface area (Å²) in [6.07, 6.45) is 4.85. The molecule has 0 spiro atoms. The largest absolute Gasteiger partial charge is 0.496 e. The number of benzene rings is 2. The molecular formula is C25H35N3O2. The van der Waals surface area contributed by atoms with Crippen molar-refractivity contribution in [2.75, 3.05) is 32.1 Å². The number of aryl methyl sites for hydroxylation is 1. The summed E-state index contributed by atoms with van der Waals surface area (Å²) in [6, 6.07) is 16.4. The highest BCUT2D eigenvalue weighted by Crippen LogP contribution is 2.21. The van der Waals surface area contributed by atoms with Crippen molar-refractivity contribution in [3.05, 3.63) is 59.7 Å². The zero-order valence-electron chi connectivity index (χ0n) is 18.6. The molecule has 162 valence electrons. The number of para-hydroxylation sites is 1. The Bertz CT molecular complexity index is 806. The summed E-state index contributed by atoms with van der Waals surface area (Å²) in [5.41, 5.74) is 3.01. The average Bonchev–Trinajstić information content (AvgIpc) is 2.76. The van der Waals surface area contributed by atoms with Gasteiger partial charge in [0.15, 0.2) is 0 Å². The summed E-state index contributed by atoms with van der Waals surface area (Å²) >= 11 is 0. The third-order valence-electron chi connectivity index (χ3n) is 5.96. The fraction of sp³-hybridized carbons (Fsp3) is 0.480. The minimum absolute atomic E-state index is 0.0727. The van der Waals surface area contributed by atoms with Crippen LogP contribution in [0.3, 0.4) is 0 Å². The Morgan fingerprint density at radius 2 is 1.93 bits per heavy atom. The molecule has 1 aliphatic heterocycles. The topological polar surface area (TPSA) is 44.8 Å². The SMILES string of the molecule is COc1ccccc1CN(CCCN1CCCCC1C)C(=O)Nc1ccc(C)cc1. The first-order chi connectivity index (χ1) is 14.6. The molecule has 0 aromatic heterocycles. The van der Waals surface area contributed by atoms with Crippen LogP contribution in [0.4, 0.5) is 10.5 Å². The van der Waals surface area contributed by atoms with Gasteiger partial charge in [0.05, 0.1) is 13.7 Å². The maximum Gasteiger partial charge on any atom is 0.322 e. The molecule has 5 heteroatoms. The number of amides is 2. The molecule has 1 N–H and O–H groups in total. The second kappa shape index (κ2) is 11.0. The molecule has 1 heterocycles. The van der Waals surface area contributed by atoms with E-state index in [1.165, 1.54) is 31.4 Å². The summed E-state index contributed by atoms with van der Waals surface area (Å²) in [5, 5.41) is 3.06. The molecule has 1 atom stereocenters. The number of rotatable bonds is 8. The van der Waals surface area contributed by atoms with E-state index in [1.54, 1.807) is 7.11 Å². The highest BCUT2D eigenvalue weighted by molar-refractivity contribution is 5.89. The first-order valence-electron chi connectivity index (χ1n) is 11.1. The molecule has 0 aliphatic carbocycles. The Morgan fingerprint density at radius 3 is 2.67 bits per heavy atom. The number of anilines is 1. The normalized spacial score (nSPS) is 16.8. The van der Waals surface area contributed by atoms with Crippen molar-refractivity contribution in [3.63, 3.8) is 0 Å². The molecule has 0 radical (unpaired) electrons. The van der Waals surface area contributed by atoms with Crippen molar-refractivity contribution >= 4 is 11.7 Å². The molecular weight excluding hydrogens is 374 g/mol. The molecule has 0 bridgehead atoms. The number of methoxy groups -OCH3 is 1. The number of ether oxygens (including phenoxy) is 1. The predicted molar refractivity (Wildman–Crippen MR) is 123 cm³/mol. The van der Waals surface area contributed by atoms with Crippen molar-refractivity contribution in [1.82, 2.24) is 9.80 Å². The lowest BCUT2D eigenvalue weighted by molar-refractivity contribution is 0.150. The molecule has 3 rings (SSSR count). The molecule has 0 saturated carbocycles. The number of carbonyl (C=O) groups is 1. The maximum atomic E-state index is 13.1. The van der Waals surface area contributed by atoms with E-state index in [4.69, 9.17) is 4.74 Å². The summed E-state index contributed by atoms with van der Waals surface area (Å²) in [5.74, 6) is 0.815. The fourth-order valence-electron chi connectivity index (χ4n) is 4.09. The van der Waals surface area contributed by atoms with E-state index < -0.39 is 0 Å². The second-order valence-corrected chi connectivity index (χ2v) is 8.26. The number of nitrogens with zero attached hydrogens (tertiary/aromatic N) is 2. The Hall–Kier alpha value is -2.53. The fourth-order valence-corrected chi connectivity index (χ4v) is 4.09. The Balaban J connectivity index is 1.66. The lowest BCUT2D eigenvalue weighted by atomic mass is 10.0. The van der Waals surface area contributed by atoms with Gasteiger partial charge in [-0.3, -0.25) is 0 Å². The van der Waals surface area contributed by atoms with E-state index in [2.05, 4.69) is 17.1 Å². The van der Waals surface area contributed by atoms with Crippen LogP contribution in [0.15, 0.2) is 48.5 Å². The number of likely N-dealkylation sites (tertiary alicyclic amines) is 1. The average molecular weight is 410 g/mol. The van der Waals surface area contributed by atoms with Crippen LogP contribution < -0.4 is 10.1 Å². The van der Waals surface area contributed by atoms with Crippen LogP contribution in [0.25, 0.3) is 0 Å². The van der Waals surface area contributed by atoms with Gasteiger partial charge >= 0.3 is 6.03 Å². The molecule has 1 saturated heterocycles. The summed E-state index contributed by atoms with van der Waals surface area (Å²) in [7, 11) is 1.67. The first-order valence-corrected chi connectivity index (χ1v) is 11.1. The van der Waals surface area contributed by atoms with Gasteiger partial charge in [-0.25, -0.2) is 4.79 Å². The number of piperidine rings is 1. The molecule has 1 aliphatic rings. The number of carbonyl (C=O) groups excluding carboxylic acids is 1. The van der Waals surface area contributed by atoms with E-state index in [0.717, 1.165) is 30.0 Å². The second-order valence-electron chi connectivity index (χ2n) is 8.26. The van der Waals surface area contributed by atoms with Crippen molar-refractivity contribution in [1.29, 1.82) is 0 Å². The lowest BCUT2D eigenvalue weighted by Gasteiger charge is -2.34. The van der Waals surface area contributed by atoms with Crippen LogP contribution >= 0.6 is 0 Å². The monoisotopic (exact) mass is 409 g/mol. The molecule has 1 fully saturated rings. The van der Waals surface area contributed by atoms with Crippen LogP contribution in [0.2, 0.25) is 0 Å². The lowest BCUT2D eigenvalue weighted by Crippen LogP contribution is -2.40. The van der Waals surface area contributed by atoms with Crippen LogP contribution in [-0.4, -0.2) is 48.6 Å². The summed E-state index contributed by atoms with van der Waals surface area (Å²) in [6.45, 7) is 7.79. The van der Waals surface area contributed by atoms with Gasteiger partial charge in [0.1, 0.15) is 5.75 Å². The van der Waals surface area contributed by atoms with Gasteiger partial charge in [0.2, 0.25) is 0 Å². The zero-order chi connectivity index (χ0) is 21.3. The van der Waals surface area contributed by atoms with Crippen LogP contribution in [0.1, 0.15) is 43.7 Å². The standard InChI is InChI=1S/C25H35N3O2/c1-20-12-14-23(15-13-20)26-25(29)28(19-22-10-4-5-11-24(22)30-3)18-8-17-27-16-7-6-9-21(27)2/h4-5,10-15,21H,6-9,16-19H2,1-3H3,(H,26,29). The van der Waals surface area contributed by atoms with Gasteiger partial charge in [0.25, 0.3) is 0 Å². The van der Waals surface area contributed by atoms with Crippen molar-refractivity contribution < 1.29 is 9.53 Å². The predicted octanol–water partition coefficient (Wildman–Crippen LogP) is 5.30. The van der Waals surface area contributed by atoms with Gasteiger partial charge < -0.3 is 19.9 Å². The molecule has 2 amide bonds. The van der Waals surface area contributed by atoms with Gasteiger partial charge in [-0.15, -0.1) is 0 Å². The van der Waals surface area contributed by atoms with Crippen molar-refractivity contribution in [2.24, 2.45) is 0 Å². The number of hydrogen-bond acceptors (Lipinski definition) is 3. The number of urea groups is 1. The van der Waals surface area contributed by atoms with Gasteiger partial charge in [0, 0.05) is 30.4 Å². The Kier molecular flexibility index (Phi) is 8.14. The third kappa shape index (κ3) is 6.23. The van der Waals surface area contributed by atoms with E-state index in [1.807, 2.05) is 60.4 Å². The van der Waals surface area contributed by atoms with E-state index in [0.29, 0.717) is 19.1 Å². The smallest absolute Gasteiger partial charge is 0.322 e. The highest BCUT2D eigenvalue weighted by atomic mass is 16.5. The van der Waals surface area contributed by atoms with Crippen molar-refractivity contribution in [3.8, 4) is 5.75 Å². The van der Waals surface area contributed by atoms with E-state index >= 15 is 0 Å². The minimum Gasteiger partial charge on any atom is -0.496 e. The Labute approximate surface area is 181 Å². The Morgan fingerprint density at radius 1 is 1.17 bits per heavy atom. The third-order valence-corrected chi connectivity index (χ3v) is 5.96. The van der Waals surface area contributed by atoms with Crippen LogP contribution in [0.5, 0.6) is 5.75 Å². The molecule has 2 aromatic carbocycles. The molecule has 2 aromatic rings.